The minimum absolute atomic E-state index is 0.259. The van der Waals surface area contributed by atoms with Gasteiger partial charge in [-0.05, 0) is 13.8 Å². The quantitative estimate of drug-likeness (QED) is 0.462. The lowest BCUT2D eigenvalue weighted by atomic mass is 10.4. The topological polar surface area (TPSA) is 63.8 Å². The molecule has 0 aliphatic heterocycles. The van der Waals surface area contributed by atoms with Crippen LogP contribution >= 0.6 is 0 Å². The number of nitrogens with zero attached hydrogens (tertiary/aromatic N) is 1. The average molecular weight is 127 g/mol. The summed E-state index contributed by atoms with van der Waals surface area (Å²) in [6, 6.07) is 0. The number of rotatable bonds is 0. The fourth-order valence-electron chi connectivity index (χ4n) is 0.644. The fourth-order valence-corrected chi connectivity index (χ4v) is 0.644. The molecule has 0 spiro atoms. The van der Waals surface area contributed by atoms with E-state index in [0.717, 1.165) is 16.1 Å². The van der Waals surface area contributed by atoms with Crippen molar-refractivity contribution in [1.82, 2.24) is 9.66 Å². The van der Waals surface area contributed by atoms with Crippen molar-refractivity contribution in [3.8, 4) is 0 Å². The highest BCUT2D eigenvalue weighted by Gasteiger charge is 2.00. The van der Waals surface area contributed by atoms with Crippen LogP contribution < -0.4 is 11.5 Å². The van der Waals surface area contributed by atoms with E-state index >= 15 is 0 Å². The van der Waals surface area contributed by atoms with Crippen molar-refractivity contribution >= 4 is 0 Å². The van der Waals surface area contributed by atoms with Gasteiger partial charge in [0.2, 0.25) is 0 Å². The second-order valence-corrected chi connectivity index (χ2v) is 2.01. The van der Waals surface area contributed by atoms with Gasteiger partial charge in [0.1, 0.15) is 0 Å². The van der Waals surface area contributed by atoms with Crippen LogP contribution in [-0.4, -0.2) is 9.66 Å². The zero-order valence-electron chi connectivity index (χ0n) is 5.43. The number of hydrogen-bond donors (Lipinski definition) is 2. The van der Waals surface area contributed by atoms with E-state index in [-0.39, 0.29) is 5.69 Å². The van der Waals surface area contributed by atoms with E-state index in [0.29, 0.717) is 0 Å². The van der Waals surface area contributed by atoms with Crippen LogP contribution in [-0.2, 0) is 0 Å². The molecule has 0 aliphatic rings. The van der Waals surface area contributed by atoms with E-state index in [1.807, 2.05) is 0 Å². The van der Waals surface area contributed by atoms with Crippen molar-refractivity contribution in [3.63, 3.8) is 0 Å². The third kappa shape index (κ3) is 0.718. The lowest BCUT2D eigenvalue weighted by Crippen LogP contribution is -2.25. The molecule has 50 valence electrons. The summed E-state index contributed by atoms with van der Waals surface area (Å²) in [4.78, 5) is 13.2. The lowest BCUT2D eigenvalue weighted by molar-refractivity contribution is 0.899. The van der Waals surface area contributed by atoms with Gasteiger partial charge in [-0.2, -0.15) is 0 Å². The van der Waals surface area contributed by atoms with Crippen LogP contribution in [0.25, 0.3) is 0 Å². The monoisotopic (exact) mass is 127 g/mol. The number of H-pyrrole nitrogens is 1. The van der Waals surface area contributed by atoms with Crippen molar-refractivity contribution in [3.05, 3.63) is 21.9 Å². The smallest absolute Gasteiger partial charge is 0.335 e. The van der Waals surface area contributed by atoms with Gasteiger partial charge in [-0.25, -0.2) is 9.47 Å². The Bertz CT molecular complexity index is 270. The molecule has 0 atom stereocenters. The minimum atomic E-state index is -0.259. The van der Waals surface area contributed by atoms with Gasteiger partial charge in [-0.15, -0.1) is 0 Å². The van der Waals surface area contributed by atoms with Gasteiger partial charge >= 0.3 is 5.69 Å². The molecule has 0 aliphatic carbocycles. The summed E-state index contributed by atoms with van der Waals surface area (Å²) in [5.41, 5.74) is 1.34. The zero-order chi connectivity index (χ0) is 7.02. The Labute approximate surface area is 52.3 Å². The maximum absolute atomic E-state index is 10.6. The highest BCUT2D eigenvalue weighted by Crippen LogP contribution is 1.93. The Balaban J connectivity index is 3.47. The average Bonchev–Trinajstić information content (AvgIpc) is 1.98. The van der Waals surface area contributed by atoms with E-state index in [1.54, 1.807) is 13.8 Å². The van der Waals surface area contributed by atoms with Crippen molar-refractivity contribution in [2.24, 2.45) is 0 Å². The van der Waals surface area contributed by atoms with E-state index < -0.39 is 0 Å². The molecule has 4 heteroatoms. The molecule has 0 fully saturated rings. The van der Waals surface area contributed by atoms with Crippen molar-refractivity contribution in [2.75, 3.05) is 5.84 Å². The summed E-state index contributed by atoms with van der Waals surface area (Å²) in [6.45, 7) is 3.59. The zero-order valence-corrected chi connectivity index (χ0v) is 5.43. The Morgan fingerprint density at radius 1 is 1.56 bits per heavy atom. The molecule has 0 saturated heterocycles. The Hall–Kier alpha value is -1.19. The number of hydrogen-bond acceptors (Lipinski definition) is 2. The van der Waals surface area contributed by atoms with Gasteiger partial charge in [0.15, 0.2) is 0 Å². The van der Waals surface area contributed by atoms with Gasteiger partial charge in [-0.1, -0.05) is 0 Å². The first-order valence-corrected chi connectivity index (χ1v) is 2.66. The summed E-state index contributed by atoms with van der Waals surface area (Å²) in [5.74, 6) is 5.28. The number of aryl methyl sites for hydroxylation is 1. The van der Waals surface area contributed by atoms with Gasteiger partial charge in [0.25, 0.3) is 0 Å². The molecule has 0 amide bonds. The first-order chi connectivity index (χ1) is 4.13. The minimum Gasteiger partial charge on any atom is -0.335 e. The molecule has 1 heterocycles. The van der Waals surface area contributed by atoms with Crippen LogP contribution in [0, 0.1) is 13.8 Å². The molecule has 0 unspecified atom stereocenters. The van der Waals surface area contributed by atoms with Gasteiger partial charge in [0.05, 0.1) is 5.69 Å². The maximum atomic E-state index is 10.6. The highest BCUT2D eigenvalue weighted by atomic mass is 16.1. The number of nitrogens with one attached hydrogen (secondary N) is 1. The molecule has 0 bridgehead atoms. The SMILES string of the molecule is Cc1[nH]c(=O)n(N)c1C. The Morgan fingerprint density at radius 2 is 2.11 bits per heavy atom. The predicted molar refractivity (Wildman–Crippen MR) is 34.7 cm³/mol. The van der Waals surface area contributed by atoms with Gasteiger partial charge < -0.3 is 10.8 Å². The summed E-state index contributed by atoms with van der Waals surface area (Å²) in [7, 11) is 0. The molecule has 4 nitrogen and oxygen atoms in total. The van der Waals surface area contributed by atoms with E-state index in [2.05, 4.69) is 4.98 Å². The molecule has 0 saturated carbocycles. The van der Waals surface area contributed by atoms with Crippen molar-refractivity contribution < 1.29 is 0 Å². The van der Waals surface area contributed by atoms with Crippen molar-refractivity contribution in [1.29, 1.82) is 0 Å². The number of nitrogens with two attached hydrogens (primary N) is 1. The Morgan fingerprint density at radius 3 is 2.22 bits per heavy atom. The second kappa shape index (κ2) is 1.65. The molecule has 0 radical (unpaired) electrons. The van der Waals surface area contributed by atoms with Crippen LogP contribution in [0.15, 0.2) is 4.79 Å². The lowest BCUT2D eigenvalue weighted by Gasteiger charge is -1.90. The largest absolute Gasteiger partial charge is 0.344 e. The Kier molecular flexibility index (Phi) is 1.09. The first-order valence-electron chi connectivity index (χ1n) is 2.66. The van der Waals surface area contributed by atoms with Crippen LogP contribution in [0.4, 0.5) is 0 Å². The standard InChI is InChI=1S/C5H9N3O/c1-3-4(2)8(6)5(9)7-3/h6H2,1-2H3,(H,7,9). The molecule has 1 aromatic rings. The number of aromatic amines is 1. The van der Waals surface area contributed by atoms with Crippen LogP contribution in [0.3, 0.4) is 0 Å². The molecular weight excluding hydrogens is 118 g/mol. The van der Waals surface area contributed by atoms with Gasteiger partial charge in [-0.3, -0.25) is 0 Å². The van der Waals surface area contributed by atoms with Crippen molar-refractivity contribution in [2.45, 2.75) is 13.8 Å². The molecule has 3 N–H and O–H groups in total. The van der Waals surface area contributed by atoms with Gasteiger partial charge in [0, 0.05) is 5.69 Å². The number of aromatic nitrogens is 2. The van der Waals surface area contributed by atoms with Crippen LogP contribution in [0.1, 0.15) is 11.4 Å². The molecule has 1 aromatic heterocycles. The van der Waals surface area contributed by atoms with Crippen LogP contribution in [0.2, 0.25) is 0 Å². The molecule has 9 heavy (non-hydrogen) atoms. The summed E-state index contributed by atoms with van der Waals surface area (Å²) in [6.07, 6.45) is 0. The summed E-state index contributed by atoms with van der Waals surface area (Å²) < 4.78 is 1.09. The number of nitrogen functional groups attached to an aromatic ring is 1. The summed E-state index contributed by atoms with van der Waals surface area (Å²) >= 11 is 0. The first kappa shape index (κ1) is 5.94. The number of imidazole rings is 1. The fraction of sp³-hybridized carbons (Fsp3) is 0.400. The summed E-state index contributed by atoms with van der Waals surface area (Å²) in [5, 5.41) is 0. The molecule has 1 rings (SSSR count). The van der Waals surface area contributed by atoms with Crippen LogP contribution in [0.5, 0.6) is 0 Å². The third-order valence-electron chi connectivity index (χ3n) is 1.42. The highest BCUT2D eigenvalue weighted by molar-refractivity contribution is 5.08. The van der Waals surface area contributed by atoms with E-state index in [4.69, 9.17) is 5.84 Å². The third-order valence-corrected chi connectivity index (χ3v) is 1.42. The second-order valence-electron chi connectivity index (χ2n) is 2.01. The maximum Gasteiger partial charge on any atom is 0.344 e. The molecule has 0 aromatic carbocycles. The van der Waals surface area contributed by atoms with E-state index in [9.17, 15) is 4.79 Å². The molecular formula is C5H9N3O. The normalized spacial score (nSPS) is 10.0. The van der Waals surface area contributed by atoms with E-state index in [1.165, 1.54) is 0 Å². The predicted octanol–water partition coefficient (Wildman–Crippen LogP) is -0.493.